The molecule has 6 heteroatoms. The molecule has 1 atom stereocenters. The molecule has 0 fully saturated rings. The first kappa shape index (κ1) is 9.91. The summed E-state index contributed by atoms with van der Waals surface area (Å²) >= 11 is 0. The number of hydrogen-bond acceptors (Lipinski definition) is 3. The van der Waals surface area contributed by atoms with Gasteiger partial charge in [0, 0.05) is 7.05 Å². The van der Waals surface area contributed by atoms with Crippen molar-refractivity contribution < 1.29 is 9.50 Å². The molecule has 1 N–H and O–H groups in total. The molecule has 0 aliphatic heterocycles. The molecule has 1 heterocycles. The average Bonchev–Trinajstić information content (AvgIpc) is 2.34. The number of alkyl halides is 1. The number of halogens is 1. The molecule has 0 radical (unpaired) electrons. The SMILES string of the molecule is Cc1nn(C[C@@H](F)CO)c(=O)n1C. The van der Waals surface area contributed by atoms with Crippen molar-refractivity contribution in [1.82, 2.24) is 14.3 Å². The van der Waals surface area contributed by atoms with Gasteiger partial charge in [-0.15, -0.1) is 0 Å². The lowest BCUT2D eigenvalue weighted by Gasteiger charge is -2.01. The number of aromatic nitrogens is 3. The summed E-state index contributed by atoms with van der Waals surface area (Å²) in [5.41, 5.74) is -0.367. The predicted octanol–water partition coefficient (Wildman–Crippen LogP) is -0.779. The highest BCUT2D eigenvalue weighted by Crippen LogP contribution is 1.93. The van der Waals surface area contributed by atoms with Gasteiger partial charge in [-0.05, 0) is 6.92 Å². The molecule has 0 unspecified atom stereocenters. The summed E-state index contributed by atoms with van der Waals surface area (Å²) in [5, 5.41) is 12.3. The van der Waals surface area contributed by atoms with Crippen molar-refractivity contribution in [3.05, 3.63) is 16.3 Å². The zero-order chi connectivity index (χ0) is 10.0. The van der Waals surface area contributed by atoms with Gasteiger partial charge >= 0.3 is 5.69 Å². The molecule has 1 aromatic rings. The Labute approximate surface area is 74.4 Å². The van der Waals surface area contributed by atoms with Gasteiger partial charge in [0.2, 0.25) is 0 Å². The highest BCUT2D eigenvalue weighted by Gasteiger charge is 2.11. The van der Waals surface area contributed by atoms with Crippen LogP contribution in [-0.4, -0.2) is 32.2 Å². The van der Waals surface area contributed by atoms with Crippen LogP contribution in [0.2, 0.25) is 0 Å². The third-order valence-corrected chi connectivity index (χ3v) is 1.83. The topological polar surface area (TPSA) is 60.0 Å². The predicted molar refractivity (Wildman–Crippen MR) is 44.2 cm³/mol. The Morgan fingerprint density at radius 1 is 1.69 bits per heavy atom. The van der Waals surface area contributed by atoms with Crippen LogP contribution in [0.25, 0.3) is 0 Å². The normalized spacial score (nSPS) is 13.2. The van der Waals surface area contributed by atoms with Gasteiger partial charge in [0.05, 0.1) is 13.2 Å². The summed E-state index contributed by atoms with van der Waals surface area (Å²) in [6.07, 6.45) is -1.44. The van der Waals surface area contributed by atoms with E-state index in [0.717, 1.165) is 4.68 Å². The van der Waals surface area contributed by atoms with Gasteiger partial charge in [-0.25, -0.2) is 13.9 Å². The quantitative estimate of drug-likeness (QED) is 0.678. The van der Waals surface area contributed by atoms with Crippen LogP contribution >= 0.6 is 0 Å². The van der Waals surface area contributed by atoms with Crippen molar-refractivity contribution in [1.29, 1.82) is 0 Å². The van der Waals surface area contributed by atoms with Crippen molar-refractivity contribution in [2.24, 2.45) is 7.05 Å². The third kappa shape index (κ3) is 1.95. The summed E-state index contributed by atoms with van der Waals surface area (Å²) in [7, 11) is 1.56. The zero-order valence-corrected chi connectivity index (χ0v) is 7.57. The number of hydrogen-bond donors (Lipinski definition) is 1. The molecule has 0 saturated carbocycles. The fourth-order valence-corrected chi connectivity index (χ4v) is 0.960. The molecule has 0 amide bonds. The molecule has 1 rings (SSSR count). The van der Waals surface area contributed by atoms with E-state index in [0.29, 0.717) is 5.82 Å². The Hall–Kier alpha value is -1.17. The molecule has 13 heavy (non-hydrogen) atoms. The van der Waals surface area contributed by atoms with E-state index >= 15 is 0 Å². The first-order valence-electron chi connectivity index (χ1n) is 3.91. The first-order chi connectivity index (χ1) is 6.06. The van der Waals surface area contributed by atoms with E-state index < -0.39 is 12.8 Å². The van der Waals surface area contributed by atoms with Crippen LogP contribution in [0.15, 0.2) is 4.79 Å². The summed E-state index contributed by atoms with van der Waals surface area (Å²) in [4.78, 5) is 11.3. The molecule has 0 aromatic carbocycles. The van der Waals surface area contributed by atoms with E-state index in [2.05, 4.69) is 5.10 Å². The largest absolute Gasteiger partial charge is 0.393 e. The number of aliphatic hydroxyl groups is 1. The van der Waals surface area contributed by atoms with Gasteiger partial charge < -0.3 is 5.11 Å². The van der Waals surface area contributed by atoms with Crippen LogP contribution in [0.3, 0.4) is 0 Å². The van der Waals surface area contributed by atoms with Crippen LogP contribution < -0.4 is 5.69 Å². The maximum Gasteiger partial charge on any atom is 0.345 e. The Kier molecular flexibility index (Phi) is 2.82. The Balaban J connectivity index is 2.90. The molecule has 0 aliphatic rings. The number of nitrogens with zero attached hydrogens (tertiary/aromatic N) is 3. The van der Waals surface area contributed by atoms with Crippen LogP contribution in [-0.2, 0) is 13.6 Å². The van der Waals surface area contributed by atoms with Crippen molar-refractivity contribution >= 4 is 0 Å². The van der Waals surface area contributed by atoms with Gasteiger partial charge in [-0.1, -0.05) is 0 Å². The van der Waals surface area contributed by atoms with E-state index in [1.54, 1.807) is 14.0 Å². The molecule has 0 spiro atoms. The van der Waals surface area contributed by atoms with Crippen LogP contribution in [0.1, 0.15) is 5.82 Å². The first-order valence-corrected chi connectivity index (χ1v) is 3.91. The average molecular weight is 189 g/mol. The van der Waals surface area contributed by atoms with Crippen molar-refractivity contribution in [2.45, 2.75) is 19.6 Å². The monoisotopic (exact) mass is 189 g/mol. The summed E-state index contributed by atoms with van der Waals surface area (Å²) < 4.78 is 15.0. The van der Waals surface area contributed by atoms with Crippen LogP contribution in [0.5, 0.6) is 0 Å². The highest BCUT2D eigenvalue weighted by molar-refractivity contribution is 4.81. The Morgan fingerprint density at radius 3 is 2.69 bits per heavy atom. The van der Waals surface area contributed by atoms with E-state index in [1.807, 2.05) is 0 Å². The minimum Gasteiger partial charge on any atom is -0.393 e. The van der Waals surface area contributed by atoms with Gasteiger partial charge in [0.15, 0.2) is 0 Å². The maximum atomic E-state index is 12.7. The summed E-state index contributed by atoms with van der Waals surface area (Å²) in [6.45, 7) is 0.864. The van der Waals surface area contributed by atoms with Gasteiger partial charge in [0.25, 0.3) is 0 Å². The minimum absolute atomic E-state index is 0.197. The summed E-state index contributed by atoms with van der Waals surface area (Å²) in [5.74, 6) is 0.523. The number of aryl methyl sites for hydroxylation is 1. The molecule has 0 bridgehead atoms. The van der Waals surface area contributed by atoms with Crippen LogP contribution in [0, 0.1) is 6.92 Å². The highest BCUT2D eigenvalue weighted by atomic mass is 19.1. The molecule has 0 aliphatic carbocycles. The van der Waals surface area contributed by atoms with E-state index in [-0.39, 0.29) is 12.2 Å². The van der Waals surface area contributed by atoms with Crippen molar-refractivity contribution in [3.63, 3.8) is 0 Å². The Morgan fingerprint density at radius 2 is 2.31 bits per heavy atom. The minimum atomic E-state index is -1.44. The van der Waals surface area contributed by atoms with Crippen molar-refractivity contribution in [2.75, 3.05) is 6.61 Å². The summed E-state index contributed by atoms with van der Waals surface area (Å²) in [6, 6.07) is 0. The van der Waals surface area contributed by atoms with Crippen LogP contribution in [0.4, 0.5) is 4.39 Å². The van der Waals surface area contributed by atoms with Gasteiger partial charge in [0.1, 0.15) is 12.0 Å². The number of rotatable bonds is 3. The molecule has 5 nitrogen and oxygen atoms in total. The van der Waals surface area contributed by atoms with E-state index in [9.17, 15) is 9.18 Å². The fraction of sp³-hybridized carbons (Fsp3) is 0.714. The molecular weight excluding hydrogens is 177 g/mol. The zero-order valence-electron chi connectivity index (χ0n) is 7.57. The molecule has 74 valence electrons. The second kappa shape index (κ2) is 3.69. The maximum absolute atomic E-state index is 12.7. The standard InChI is InChI=1S/C7H12FN3O2/c1-5-9-11(3-6(8)4-12)7(13)10(5)2/h6,12H,3-4H2,1-2H3/t6-/m1/s1. The lowest BCUT2D eigenvalue weighted by molar-refractivity contribution is 0.157. The number of aliphatic hydroxyl groups excluding tert-OH is 1. The van der Waals surface area contributed by atoms with Gasteiger partial charge in [-0.3, -0.25) is 4.57 Å². The van der Waals surface area contributed by atoms with Crippen molar-refractivity contribution in [3.8, 4) is 0 Å². The fourth-order valence-electron chi connectivity index (χ4n) is 0.960. The second-order valence-electron chi connectivity index (χ2n) is 2.85. The molecule has 0 saturated heterocycles. The smallest absolute Gasteiger partial charge is 0.345 e. The lowest BCUT2D eigenvalue weighted by Crippen LogP contribution is -2.28. The molecular formula is C7H12FN3O2. The van der Waals surface area contributed by atoms with E-state index in [1.165, 1.54) is 4.57 Å². The molecule has 1 aromatic heterocycles. The lowest BCUT2D eigenvalue weighted by atomic mass is 10.4. The van der Waals surface area contributed by atoms with Gasteiger partial charge in [-0.2, -0.15) is 5.10 Å². The second-order valence-corrected chi connectivity index (χ2v) is 2.85. The van der Waals surface area contributed by atoms with E-state index in [4.69, 9.17) is 5.11 Å². The Bertz CT molecular complexity index is 344. The third-order valence-electron chi connectivity index (χ3n) is 1.83.